The molecule has 11 heteroatoms. The minimum Gasteiger partial charge on any atom is -0.368 e. The van der Waals surface area contributed by atoms with E-state index in [4.69, 9.17) is 0 Å². The van der Waals surface area contributed by atoms with E-state index in [9.17, 15) is 18.0 Å². The Kier molecular flexibility index (Phi) is 4.36. The molecule has 1 amide bonds. The molecule has 0 aliphatic carbocycles. The normalized spacial score (nSPS) is 25.4. The fourth-order valence-corrected chi connectivity index (χ4v) is 4.43. The van der Waals surface area contributed by atoms with Gasteiger partial charge in [0.2, 0.25) is 0 Å². The average molecular weight is 400 g/mol. The van der Waals surface area contributed by atoms with Crippen LogP contribution in [0.1, 0.15) is 59.3 Å². The molecule has 0 aromatic carbocycles. The highest BCUT2D eigenvalue weighted by atomic mass is 32.1. The molecule has 1 saturated heterocycles. The summed E-state index contributed by atoms with van der Waals surface area (Å²) in [6, 6.07) is -0.664. The Bertz CT molecular complexity index is 863. The summed E-state index contributed by atoms with van der Waals surface area (Å²) in [6.45, 7) is 3.98. The largest absolute Gasteiger partial charge is 0.410 e. The first kappa shape index (κ1) is 18.2. The maximum absolute atomic E-state index is 13.4. The molecule has 0 bridgehead atoms. The summed E-state index contributed by atoms with van der Waals surface area (Å²) < 4.78 is 45.2. The summed E-state index contributed by atoms with van der Waals surface area (Å²) in [5.74, 6) is 0.158. The van der Waals surface area contributed by atoms with Crippen molar-refractivity contribution >= 4 is 23.3 Å². The molecule has 0 saturated carbocycles. The highest BCUT2D eigenvalue weighted by Crippen LogP contribution is 2.41. The summed E-state index contributed by atoms with van der Waals surface area (Å²) in [5.41, 5.74) is 1.05. The molecule has 2 aliphatic rings. The van der Waals surface area contributed by atoms with Gasteiger partial charge in [-0.1, -0.05) is 4.49 Å². The lowest BCUT2D eigenvalue weighted by Crippen LogP contribution is -2.38. The zero-order valence-electron chi connectivity index (χ0n) is 14.8. The highest BCUT2D eigenvalue weighted by molar-refractivity contribution is 7.07. The third-order valence-electron chi connectivity index (χ3n) is 5.10. The number of halogens is 3. The topological polar surface area (TPSA) is 75.9 Å². The van der Waals surface area contributed by atoms with Crippen molar-refractivity contribution in [2.24, 2.45) is 0 Å². The molecule has 146 valence electrons. The molecule has 1 fully saturated rings. The summed E-state index contributed by atoms with van der Waals surface area (Å²) in [6.07, 6.45) is -3.00. The zero-order valence-corrected chi connectivity index (χ0v) is 15.6. The fraction of sp³-hybridized carbons (Fsp3) is 0.625. The first-order chi connectivity index (χ1) is 12.8. The van der Waals surface area contributed by atoms with Crippen LogP contribution in [-0.4, -0.2) is 48.9 Å². The van der Waals surface area contributed by atoms with Gasteiger partial charge in [0.15, 0.2) is 6.04 Å². The van der Waals surface area contributed by atoms with Crippen LogP contribution in [0.25, 0.3) is 0 Å². The SMILES string of the molecule is Cc1nnsc1C(=O)N1CCC[C@@H]1c1cc2n(n1)[C@@H](C(F)(F)F)C[C@@H](C)N2. The lowest BCUT2D eigenvalue weighted by molar-refractivity contribution is -0.173. The van der Waals surface area contributed by atoms with Crippen molar-refractivity contribution < 1.29 is 18.0 Å². The van der Waals surface area contributed by atoms with E-state index in [0.717, 1.165) is 22.6 Å². The minimum atomic E-state index is -4.37. The van der Waals surface area contributed by atoms with Crippen LogP contribution in [-0.2, 0) is 0 Å². The molecule has 2 aliphatic heterocycles. The summed E-state index contributed by atoms with van der Waals surface area (Å²) >= 11 is 1.03. The number of carbonyl (C=O) groups excluding carboxylic acids is 1. The molecule has 27 heavy (non-hydrogen) atoms. The molecule has 1 N–H and O–H groups in total. The Hall–Kier alpha value is -2.17. The zero-order chi connectivity index (χ0) is 19.3. The van der Waals surface area contributed by atoms with Gasteiger partial charge in [0.25, 0.3) is 5.91 Å². The molecule has 0 spiro atoms. The number of aryl methyl sites for hydroxylation is 1. The number of alkyl halides is 3. The fourth-order valence-electron chi connectivity index (χ4n) is 3.82. The maximum atomic E-state index is 13.4. The van der Waals surface area contributed by atoms with Gasteiger partial charge in [-0.25, -0.2) is 4.68 Å². The number of nitrogens with one attached hydrogen (secondary N) is 1. The maximum Gasteiger partial charge on any atom is 0.410 e. The van der Waals surface area contributed by atoms with Crippen LogP contribution in [0, 0.1) is 6.92 Å². The molecule has 7 nitrogen and oxygen atoms in total. The quantitative estimate of drug-likeness (QED) is 0.837. The van der Waals surface area contributed by atoms with Crippen LogP contribution in [0.2, 0.25) is 0 Å². The van der Waals surface area contributed by atoms with Gasteiger partial charge in [-0.3, -0.25) is 4.79 Å². The molecule has 4 heterocycles. The Morgan fingerprint density at radius 1 is 1.41 bits per heavy atom. The van der Waals surface area contributed by atoms with Crippen molar-refractivity contribution in [3.8, 4) is 0 Å². The summed E-state index contributed by atoms with van der Waals surface area (Å²) in [4.78, 5) is 15.0. The number of amides is 1. The molecule has 4 rings (SSSR count). The Morgan fingerprint density at radius 3 is 2.85 bits per heavy atom. The summed E-state index contributed by atoms with van der Waals surface area (Å²) in [7, 11) is 0. The van der Waals surface area contributed by atoms with E-state index in [2.05, 4.69) is 20.0 Å². The van der Waals surface area contributed by atoms with E-state index in [1.165, 1.54) is 0 Å². The second-order valence-corrected chi connectivity index (χ2v) is 7.84. The van der Waals surface area contributed by atoms with Crippen molar-refractivity contribution in [3.63, 3.8) is 0 Å². The van der Waals surface area contributed by atoms with Crippen LogP contribution >= 0.6 is 11.5 Å². The lowest BCUT2D eigenvalue weighted by Gasteiger charge is -2.31. The van der Waals surface area contributed by atoms with Crippen molar-refractivity contribution in [1.82, 2.24) is 24.3 Å². The van der Waals surface area contributed by atoms with Crippen LogP contribution < -0.4 is 5.32 Å². The van der Waals surface area contributed by atoms with Crippen molar-refractivity contribution in [3.05, 3.63) is 22.3 Å². The van der Waals surface area contributed by atoms with Gasteiger partial charge in [0, 0.05) is 18.7 Å². The minimum absolute atomic E-state index is 0.0728. The number of nitrogens with zero attached hydrogens (tertiary/aromatic N) is 5. The second-order valence-electron chi connectivity index (χ2n) is 7.08. The van der Waals surface area contributed by atoms with Crippen LogP contribution in [0.4, 0.5) is 19.0 Å². The number of hydrogen-bond donors (Lipinski definition) is 1. The van der Waals surface area contributed by atoms with Crippen LogP contribution in [0.3, 0.4) is 0 Å². The van der Waals surface area contributed by atoms with E-state index < -0.39 is 12.2 Å². The predicted octanol–water partition coefficient (Wildman–Crippen LogP) is 3.33. The smallest absolute Gasteiger partial charge is 0.368 e. The van der Waals surface area contributed by atoms with Gasteiger partial charge in [-0.2, -0.15) is 18.3 Å². The van der Waals surface area contributed by atoms with Crippen LogP contribution in [0.5, 0.6) is 0 Å². The van der Waals surface area contributed by atoms with Crippen molar-refractivity contribution in [2.45, 2.75) is 57.4 Å². The summed E-state index contributed by atoms with van der Waals surface area (Å²) in [5, 5.41) is 11.2. The molecular formula is C16H19F3N6OS. The Morgan fingerprint density at radius 2 is 2.19 bits per heavy atom. The standard InChI is InChI=1S/C16H19F3N6OS/c1-8-6-12(16(17,18)19)25-13(20-8)7-10(22-25)11-4-3-5-24(11)15(26)14-9(2)21-23-27-14/h7-8,11-12,20H,3-6H2,1-2H3/t8-,11-,12-/m1/s1. The number of anilines is 1. The van der Waals surface area contributed by atoms with Gasteiger partial charge < -0.3 is 10.2 Å². The Balaban J connectivity index is 1.66. The first-order valence-corrected chi connectivity index (χ1v) is 9.55. The van der Waals surface area contributed by atoms with E-state index in [-0.39, 0.29) is 24.4 Å². The molecule has 0 unspecified atom stereocenters. The Labute approximate surface area is 157 Å². The van der Waals surface area contributed by atoms with E-state index in [1.54, 1.807) is 24.8 Å². The number of rotatable bonds is 2. The number of carbonyl (C=O) groups is 1. The lowest BCUT2D eigenvalue weighted by atomic mass is 10.1. The number of fused-ring (bicyclic) bond motifs is 1. The van der Waals surface area contributed by atoms with Crippen molar-refractivity contribution in [2.75, 3.05) is 11.9 Å². The van der Waals surface area contributed by atoms with Gasteiger partial charge in [-0.15, -0.1) is 5.10 Å². The predicted molar refractivity (Wildman–Crippen MR) is 92.7 cm³/mol. The van der Waals surface area contributed by atoms with Gasteiger partial charge in [0.1, 0.15) is 10.7 Å². The first-order valence-electron chi connectivity index (χ1n) is 8.78. The van der Waals surface area contributed by atoms with Gasteiger partial charge in [-0.05, 0) is 44.6 Å². The van der Waals surface area contributed by atoms with E-state index in [1.807, 2.05) is 0 Å². The van der Waals surface area contributed by atoms with Gasteiger partial charge in [0.05, 0.1) is 17.4 Å². The molecule has 2 aromatic rings. The van der Waals surface area contributed by atoms with Gasteiger partial charge >= 0.3 is 6.18 Å². The van der Waals surface area contributed by atoms with Crippen LogP contribution in [0.15, 0.2) is 6.07 Å². The second kappa shape index (κ2) is 6.47. The third kappa shape index (κ3) is 3.17. The van der Waals surface area contributed by atoms with E-state index in [0.29, 0.717) is 35.0 Å². The third-order valence-corrected chi connectivity index (χ3v) is 5.92. The number of hydrogen-bond acceptors (Lipinski definition) is 6. The molecule has 2 aromatic heterocycles. The average Bonchev–Trinajstić information content (AvgIpc) is 3.30. The number of aromatic nitrogens is 4. The molecule has 0 radical (unpaired) electrons. The molecule has 3 atom stereocenters. The van der Waals surface area contributed by atoms with E-state index >= 15 is 0 Å². The number of likely N-dealkylation sites (tertiary alicyclic amines) is 1. The monoisotopic (exact) mass is 400 g/mol. The van der Waals surface area contributed by atoms with Crippen molar-refractivity contribution in [1.29, 1.82) is 0 Å². The highest BCUT2D eigenvalue weighted by Gasteiger charge is 2.46. The molecular weight excluding hydrogens is 381 g/mol.